The average molecular weight is 434 g/mol. The van der Waals surface area contributed by atoms with Crippen LogP contribution in [0.3, 0.4) is 0 Å². The van der Waals surface area contributed by atoms with Crippen LogP contribution < -0.4 is 10.1 Å². The standard InChI is InChI=1S/C21H18N6O3S/c1-29-20-16-17(14(10-24-20)12-4-7-30-8-5-12)31-21(26-16)27-19(28)15-11-23-18(25-15)13-3-2-6-22-9-13/h2-4,6,9-11H,5,7-8H2,1H3,(H,23,25)(H,26,27,28). The molecule has 2 N–H and O–H groups in total. The number of anilines is 1. The largest absolute Gasteiger partial charge is 0.479 e. The van der Waals surface area contributed by atoms with Gasteiger partial charge < -0.3 is 14.5 Å². The fourth-order valence-electron chi connectivity index (χ4n) is 3.34. The van der Waals surface area contributed by atoms with Crippen LogP contribution in [-0.4, -0.2) is 51.2 Å². The number of amides is 1. The molecule has 1 amide bonds. The first-order chi connectivity index (χ1) is 15.2. The van der Waals surface area contributed by atoms with Crippen LogP contribution in [0.5, 0.6) is 5.88 Å². The number of thiazole rings is 1. The molecule has 5 heterocycles. The first kappa shape index (κ1) is 19.3. The SMILES string of the molecule is COc1ncc(C2=CCOCC2)c2sc(NC(=O)c3cnc(-c4cccnc4)[nH]3)nc12. The summed E-state index contributed by atoms with van der Waals surface area (Å²) in [6.07, 6.45) is 9.49. The Balaban J connectivity index is 1.45. The summed E-state index contributed by atoms with van der Waals surface area (Å²) < 4.78 is 11.7. The average Bonchev–Trinajstić information content (AvgIpc) is 3.47. The summed E-state index contributed by atoms with van der Waals surface area (Å²) in [5, 5.41) is 3.30. The van der Waals surface area contributed by atoms with E-state index < -0.39 is 0 Å². The molecule has 5 rings (SSSR count). The number of nitrogens with one attached hydrogen (secondary N) is 2. The fourth-order valence-corrected chi connectivity index (χ4v) is 4.34. The summed E-state index contributed by atoms with van der Waals surface area (Å²) in [5.74, 6) is 0.658. The monoisotopic (exact) mass is 434 g/mol. The Morgan fingerprint density at radius 3 is 3.00 bits per heavy atom. The zero-order chi connectivity index (χ0) is 21.2. The van der Waals surface area contributed by atoms with E-state index in [4.69, 9.17) is 9.47 Å². The van der Waals surface area contributed by atoms with Crippen molar-refractivity contribution < 1.29 is 14.3 Å². The zero-order valence-corrected chi connectivity index (χ0v) is 17.4. The van der Waals surface area contributed by atoms with Gasteiger partial charge in [-0.25, -0.2) is 15.0 Å². The molecule has 0 bridgehead atoms. The van der Waals surface area contributed by atoms with Crippen LogP contribution in [0.15, 0.2) is 43.0 Å². The Kier molecular flexibility index (Phi) is 5.14. The van der Waals surface area contributed by atoms with E-state index in [0.29, 0.717) is 41.3 Å². The number of ether oxygens (including phenoxy) is 2. The van der Waals surface area contributed by atoms with E-state index in [9.17, 15) is 4.79 Å². The van der Waals surface area contributed by atoms with Crippen molar-refractivity contribution in [1.29, 1.82) is 0 Å². The lowest BCUT2D eigenvalue weighted by atomic mass is 10.0. The predicted octanol–water partition coefficient (Wildman–Crippen LogP) is 3.54. The molecule has 0 spiro atoms. The van der Waals surface area contributed by atoms with Gasteiger partial charge in [0.05, 0.1) is 31.2 Å². The van der Waals surface area contributed by atoms with E-state index in [0.717, 1.165) is 27.8 Å². The van der Waals surface area contributed by atoms with Gasteiger partial charge in [0.1, 0.15) is 17.0 Å². The fraction of sp³-hybridized carbons (Fsp3) is 0.190. The minimum Gasteiger partial charge on any atom is -0.479 e. The summed E-state index contributed by atoms with van der Waals surface area (Å²) >= 11 is 1.38. The molecule has 9 nitrogen and oxygen atoms in total. The Morgan fingerprint density at radius 2 is 2.23 bits per heavy atom. The van der Waals surface area contributed by atoms with Crippen molar-refractivity contribution in [3.63, 3.8) is 0 Å². The molecule has 0 unspecified atom stereocenters. The second kappa shape index (κ2) is 8.25. The number of hydrogen-bond donors (Lipinski definition) is 2. The highest BCUT2D eigenvalue weighted by molar-refractivity contribution is 7.22. The van der Waals surface area contributed by atoms with Crippen LogP contribution >= 0.6 is 11.3 Å². The van der Waals surface area contributed by atoms with Crippen LogP contribution in [0.4, 0.5) is 5.13 Å². The number of carbonyl (C=O) groups excluding carboxylic acids is 1. The number of H-pyrrole nitrogens is 1. The van der Waals surface area contributed by atoms with E-state index in [1.54, 1.807) is 25.7 Å². The molecule has 156 valence electrons. The molecular weight excluding hydrogens is 416 g/mol. The molecule has 0 radical (unpaired) electrons. The lowest BCUT2D eigenvalue weighted by Crippen LogP contribution is -2.12. The van der Waals surface area contributed by atoms with E-state index in [1.165, 1.54) is 17.5 Å². The van der Waals surface area contributed by atoms with Gasteiger partial charge in [-0.05, 0) is 24.1 Å². The zero-order valence-electron chi connectivity index (χ0n) is 16.6. The van der Waals surface area contributed by atoms with Crippen LogP contribution in [-0.2, 0) is 4.74 Å². The topological polar surface area (TPSA) is 115 Å². The van der Waals surface area contributed by atoms with Gasteiger partial charge in [0.2, 0.25) is 5.88 Å². The maximum Gasteiger partial charge on any atom is 0.275 e. The van der Waals surface area contributed by atoms with Crippen molar-refractivity contribution in [2.24, 2.45) is 0 Å². The number of methoxy groups -OCH3 is 1. The summed E-state index contributed by atoms with van der Waals surface area (Å²) in [6, 6.07) is 3.68. The van der Waals surface area contributed by atoms with Crippen molar-refractivity contribution >= 4 is 38.2 Å². The number of aromatic nitrogens is 5. The maximum atomic E-state index is 12.8. The molecule has 4 aromatic rings. The minimum absolute atomic E-state index is 0.329. The highest BCUT2D eigenvalue weighted by Gasteiger charge is 2.20. The molecular formula is C21H18N6O3S. The normalized spacial score (nSPS) is 13.8. The molecule has 0 saturated heterocycles. The quantitative estimate of drug-likeness (QED) is 0.494. The van der Waals surface area contributed by atoms with Gasteiger partial charge >= 0.3 is 0 Å². The Labute approximate surface area is 181 Å². The molecule has 1 aliphatic heterocycles. The number of hydrogen-bond acceptors (Lipinski definition) is 8. The van der Waals surface area contributed by atoms with Crippen molar-refractivity contribution in [3.05, 3.63) is 54.3 Å². The molecule has 0 aliphatic carbocycles. The molecule has 0 fully saturated rings. The van der Waals surface area contributed by atoms with Gasteiger partial charge in [-0.15, -0.1) is 0 Å². The van der Waals surface area contributed by atoms with Crippen LogP contribution in [0.2, 0.25) is 0 Å². The van der Waals surface area contributed by atoms with Crippen LogP contribution in [0, 0.1) is 0 Å². The Bertz CT molecular complexity index is 1280. The van der Waals surface area contributed by atoms with Gasteiger partial charge in [-0.3, -0.25) is 15.1 Å². The number of imidazole rings is 1. The smallest absolute Gasteiger partial charge is 0.275 e. The van der Waals surface area contributed by atoms with Crippen molar-refractivity contribution in [3.8, 4) is 17.3 Å². The Hall–Kier alpha value is -3.63. The second-order valence-electron chi connectivity index (χ2n) is 6.77. The minimum atomic E-state index is -0.333. The summed E-state index contributed by atoms with van der Waals surface area (Å²) in [4.78, 5) is 33.1. The molecule has 4 aromatic heterocycles. The first-order valence-electron chi connectivity index (χ1n) is 9.60. The van der Waals surface area contributed by atoms with Gasteiger partial charge in [0.15, 0.2) is 5.13 Å². The molecule has 10 heteroatoms. The number of rotatable bonds is 5. The summed E-state index contributed by atoms with van der Waals surface area (Å²) in [7, 11) is 1.55. The third kappa shape index (κ3) is 3.78. The Morgan fingerprint density at radius 1 is 1.29 bits per heavy atom. The maximum absolute atomic E-state index is 12.8. The van der Waals surface area contributed by atoms with Gasteiger partial charge in [0.25, 0.3) is 5.91 Å². The lowest BCUT2D eigenvalue weighted by Gasteiger charge is -2.14. The highest BCUT2D eigenvalue weighted by Crippen LogP contribution is 2.37. The number of fused-ring (bicyclic) bond motifs is 1. The van der Waals surface area contributed by atoms with E-state index in [1.807, 2.05) is 12.1 Å². The molecule has 0 atom stereocenters. The van der Waals surface area contributed by atoms with Gasteiger partial charge in [0, 0.05) is 29.7 Å². The number of pyridine rings is 2. The summed E-state index contributed by atoms with van der Waals surface area (Å²) in [5.41, 5.74) is 3.88. The lowest BCUT2D eigenvalue weighted by molar-refractivity contribution is 0.102. The molecule has 31 heavy (non-hydrogen) atoms. The van der Waals surface area contributed by atoms with Crippen molar-refractivity contribution in [1.82, 2.24) is 24.9 Å². The number of nitrogens with zero attached hydrogens (tertiary/aromatic N) is 4. The number of carbonyl (C=O) groups is 1. The van der Waals surface area contributed by atoms with E-state index in [-0.39, 0.29) is 5.91 Å². The third-order valence-electron chi connectivity index (χ3n) is 4.86. The molecule has 0 saturated carbocycles. The van der Waals surface area contributed by atoms with Crippen molar-refractivity contribution in [2.75, 3.05) is 25.6 Å². The second-order valence-corrected chi connectivity index (χ2v) is 7.77. The van der Waals surface area contributed by atoms with E-state index in [2.05, 4.69) is 36.3 Å². The number of aromatic amines is 1. The first-order valence-corrected chi connectivity index (χ1v) is 10.4. The molecule has 0 aromatic carbocycles. The van der Waals surface area contributed by atoms with Gasteiger partial charge in [-0.2, -0.15) is 0 Å². The molecule has 1 aliphatic rings. The van der Waals surface area contributed by atoms with Crippen LogP contribution in [0.25, 0.3) is 27.2 Å². The van der Waals surface area contributed by atoms with Crippen molar-refractivity contribution in [2.45, 2.75) is 6.42 Å². The summed E-state index contributed by atoms with van der Waals surface area (Å²) in [6.45, 7) is 1.24. The predicted molar refractivity (Wildman–Crippen MR) is 117 cm³/mol. The van der Waals surface area contributed by atoms with Crippen LogP contribution in [0.1, 0.15) is 22.5 Å². The van der Waals surface area contributed by atoms with E-state index >= 15 is 0 Å². The highest BCUT2D eigenvalue weighted by atomic mass is 32.1. The van der Waals surface area contributed by atoms with Gasteiger partial charge in [-0.1, -0.05) is 17.4 Å². The third-order valence-corrected chi connectivity index (χ3v) is 5.87.